The molecule has 1 aromatic carbocycles. The highest BCUT2D eigenvalue weighted by Gasteiger charge is 2.20. The van der Waals surface area contributed by atoms with E-state index >= 15 is 0 Å². The zero-order valence-corrected chi connectivity index (χ0v) is 10.6. The predicted molar refractivity (Wildman–Crippen MR) is 60.7 cm³/mol. The molecule has 4 heteroatoms. The van der Waals surface area contributed by atoms with E-state index in [2.05, 4.69) is 15.9 Å². The van der Waals surface area contributed by atoms with Gasteiger partial charge in [0.05, 0.1) is 12.7 Å². The van der Waals surface area contributed by atoms with Crippen molar-refractivity contribution < 1.29 is 14.2 Å². The van der Waals surface area contributed by atoms with Crippen LogP contribution in [-0.4, -0.2) is 17.8 Å². The monoisotopic (exact) mass is 276 g/mol. The van der Waals surface area contributed by atoms with Crippen molar-refractivity contribution in [3.63, 3.8) is 0 Å². The van der Waals surface area contributed by atoms with Crippen molar-refractivity contribution in [3.8, 4) is 5.75 Å². The molecule has 0 aliphatic carbocycles. The van der Waals surface area contributed by atoms with E-state index in [1.165, 1.54) is 13.2 Å². The van der Waals surface area contributed by atoms with Crippen LogP contribution in [0.3, 0.4) is 0 Å². The molecule has 0 aliphatic rings. The van der Waals surface area contributed by atoms with E-state index in [0.717, 1.165) is 0 Å². The number of methoxy groups -OCH3 is 1. The fraction of sp³-hybridized carbons (Fsp3) is 0.455. The lowest BCUT2D eigenvalue weighted by atomic mass is 9.97. The molecular weight excluding hydrogens is 263 g/mol. The van der Waals surface area contributed by atoms with Crippen LogP contribution in [0, 0.1) is 5.82 Å². The average molecular weight is 277 g/mol. The first-order valence-electron chi connectivity index (χ1n) is 4.58. The number of ether oxygens (including phenoxy) is 1. The van der Waals surface area contributed by atoms with Crippen molar-refractivity contribution in [2.75, 3.05) is 7.11 Å². The van der Waals surface area contributed by atoms with Crippen LogP contribution in [0.5, 0.6) is 5.75 Å². The summed E-state index contributed by atoms with van der Waals surface area (Å²) in [6.45, 7) is 3.27. The minimum Gasteiger partial charge on any atom is -0.496 e. The molecule has 1 N–H and O–H groups in total. The maximum absolute atomic E-state index is 13.6. The SMILES string of the molecule is COc1cc(Br)cc(F)c1CC(C)(C)O. The van der Waals surface area contributed by atoms with Crippen molar-refractivity contribution in [2.24, 2.45) is 0 Å². The summed E-state index contributed by atoms with van der Waals surface area (Å²) in [7, 11) is 1.48. The molecule has 0 bridgehead atoms. The smallest absolute Gasteiger partial charge is 0.131 e. The molecule has 0 aromatic heterocycles. The fourth-order valence-electron chi connectivity index (χ4n) is 1.37. The molecule has 1 aromatic rings. The quantitative estimate of drug-likeness (QED) is 0.920. The maximum atomic E-state index is 13.6. The van der Waals surface area contributed by atoms with Crippen LogP contribution in [0.2, 0.25) is 0 Å². The number of rotatable bonds is 3. The molecular formula is C11H14BrFO2. The highest BCUT2D eigenvalue weighted by Crippen LogP contribution is 2.29. The van der Waals surface area contributed by atoms with Crippen LogP contribution in [0.1, 0.15) is 19.4 Å². The van der Waals surface area contributed by atoms with Crippen molar-refractivity contribution >= 4 is 15.9 Å². The number of halogens is 2. The van der Waals surface area contributed by atoms with Gasteiger partial charge in [0.2, 0.25) is 0 Å². The second kappa shape index (κ2) is 4.49. The van der Waals surface area contributed by atoms with Gasteiger partial charge < -0.3 is 9.84 Å². The number of hydrogen-bond acceptors (Lipinski definition) is 2. The van der Waals surface area contributed by atoms with Gasteiger partial charge in [0.15, 0.2) is 0 Å². The van der Waals surface area contributed by atoms with Gasteiger partial charge in [-0.1, -0.05) is 15.9 Å². The first-order valence-corrected chi connectivity index (χ1v) is 5.37. The zero-order chi connectivity index (χ0) is 11.6. The molecule has 15 heavy (non-hydrogen) atoms. The topological polar surface area (TPSA) is 29.5 Å². The molecule has 0 saturated heterocycles. The van der Waals surface area contributed by atoms with E-state index in [1.54, 1.807) is 19.9 Å². The lowest BCUT2D eigenvalue weighted by molar-refractivity contribution is 0.0792. The summed E-state index contributed by atoms with van der Waals surface area (Å²) in [6, 6.07) is 3.05. The molecule has 2 nitrogen and oxygen atoms in total. The largest absolute Gasteiger partial charge is 0.496 e. The molecule has 0 aliphatic heterocycles. The van der Waals surface area contributed by atoms with E-state index < -0.39 is 5.60 Å². The lowest BCUT2D eigenvalue weighted by Crippen LogP contribution is -2.23. The van der Waals surface area contributed by atoms with E-state index in [1.807, 2.05) is 0 Å². The van der Waals surface area contributed by atoms with E-state index in [0.29, 0.717) is 15.8 Å². The lowest BCUT2D eigenvalue weighted by Gasteiger charge is -2.19. The Morgan fingerprint density at radius 1 is 1.47 bits per heavy atom. The van der Waals surface area contributed by atoms with E-state index in [9.17, 15) is 9.50 Å². The summed E-state index contributed by atoms with van der Waals surface area (Å²) in [6.07, 6.45) is 0.218. The van der Waals surface area contributed by atoms with Gasteiger partial charge >= 0.3 is 0 Å². The van der Waals surface area contributed by atoms with Crippen molar-refractivity contribution in [1.29, 1.82) is 0 Å². The van der Waals surface area contributed by atoms with Crippen molar-refractivity contribution in [1.82, 2.24) is 0 Å². The standard InChI is InChI=1S/C11H14BrFO2/c1-11(2,14)6-8-9(13)4-7(12)5-10(8)15-3/h4-5,14H,6H2,1-3H3. The number of benzene rings is 1. The molecule has 0 amide bonds. The maximum Gasteiger partial charge on any atom is 0.131 e. The Morgan fingerprint density at radius 2 is 2.07 bits per heavy atom. The van der Waals surface area contributed by atoms with Gasteiger partial charge in [-0.25, -0.2) is 4.39 Å². The van der Waals surface area contributed by atoms with Crippen molar-refractivity contribution in [3.05, 3.63) is 28.0 Å². The van der Waals surface area contributed by atoms with Crippen molar-refractivity contribution in [2.45, 2.75) is 25.9 Å². The van der Waals surface area contributed by atoms with Crippen LogP contribution < -0.4 is 4.74 Å². The fourth-order valence-corrected chi connectivity index (χ4v) is 1.78. The van der Waals surface area contributed by atoms with Crippen LogP contribution in [0.4, 0.5) is 4.39 Å². The summed E-state index contributed by atoms with van der Waals surface area (Å²) in [5, 5.41) is 9.65. The Kier molecular flexibility index (Phi) is 3.73. The molecule has 0 heterocycles. The van der Waals surface area contributed by atoms with Gasteiger partial charge in [-0.3, -0.25) is 0 Å². The van der Waals surface area contributed by atoms with Gasteiger partial charge in [0, 0.05) is 16.5 Å². The normalized spacial score (nSPS) is 11.6. The van der Waals surface area contributed by atoms with Gasteiger partial charge in [0.1, 0.15) is 11.6 Å². The molecule has 0 spiro atoms. The third-order valence-electron chi connectivity index (χ3n) is 1.95. The second-order valence-electron chi connectivity index (χ2n) is 4.06. The Balaban J connectivity index is 3.15. The molecule has 0 atom stereocenters. The third kappa shape index (κ3) is 3.47. The van der Waals surface area contributed by atoms with Crippen LogP contribution in [0.25, 0.3) is 0 Å². The predicted octanol–water partition coefficient (Wildman–Crippen LogP) is 2.91. The summed E-state index contributed by atoms with van der Waals surface area (Å²) < 4.78 is 19.3. The molecule has 1 rings (SSSR count). The third-order valence-corrected chi connectivity index (χ3v) is 2.41. The Hall–Kier alpha value is -0.610. The molecule has 0 unspecified atom stereocenters. The zero-order valence-electron chi connectivity index (χ0n) is 8.97. The highest BCUT2D eigenvalue weighted by atomic mass is 79.9. The van der Waals surface area contributed by atoms with Gasteiger partial charge in [-0.15, -0.1) is 0 Å². The first kappa shape index (κ1) is 12.5. The first-order chi connectivity index (χ1) is 6.83. The second-order valence-corrected chi connectivity index (χ2v) is 4.97. The van der Waals surface area contributed by atoms with Gasteiger partial charge in [0.25, 0.3) is 0 Å². The van der Waals surface area contributed by atoms with Crippen LogP contribution in [0.15, 0.2) is 16.6 Å². The number of aliphatic hydroxyl groups is 1. The number of hydrogen-bond donors (Lipinski definition) is 1. The Bertz CT molecular complexity index is 358. The summed E-state index contributed by atoms with van der Waals surface area (Å²) in [5.41, 5.74) is -0.560. The minimum absolute atomic E-state index is 0.218. The van der Waals surface area contributed by atoms with Gasteiger partial charge in [-0.05, 0) is 26.0 Å². The highest BCUT2D eigenvalue weighted by molar-refractivity contribution is 9.10. The molecule has 0 saturated carbocycles. The average Bonchev–Trinajstić information content (AvgIpc) is 2.07. The molecule has 0 fully saturated rings. The summed E-state index contributed by atoms with van der Waals surface area (Å²) in [4.78, 5) is 0. The van der Waals surface area contributed by atoms with Crippen LogP contribution in [-0.2, 0) is 6.42 Å². The summed E-state index contributed by atoms with van der Waals surface area (Å²) >= 11 is 3.19. The Morgan fingerprint density at radius 3 is 2.53 bits per heavy atom. The molecule has 0 radical (unpaired) electrons. The van der Waals surface area contributed by atoms with E-state index in [4.69, 9.17) is 4.74 Å². The minimum atomic E-state index is -0.956. The van der Waals surface area contributed by atoms with E-state index in [-0.39, 0.29) is 12.2 Å². The summed E-state index contributed by atoms with van der Waals surface area (Å²) in [5.74, 6) is 0.0763. The van der Waals surface area contributed by atoms with Gasteiger partial charge in [-0.2, -0.15) is 0 Å². The Labute approximate surface area is 97.2 Å². The molecule has 84 valence electrons. The van der Waals surface area contributed by atoms with Crippen LogP contribution >= 0.6 is 15.9 Å².